The summed E-state index contributed by atoms with van der Waals surface area (Å²) in [5.74, 6) is 1.21. The molecule has 35 heavy (non-hydrogen) atoms. The van der Waals surface area contributed by atoms with Gasteiger partial charge in [-0.25, -0.2) is 0 Å². The van der Waals surface area contributed by atoms with Crippen LogP contribution in [0.1, 0.15) is 0 Å². The van der Waals surface area contributed by atoms with E-state index < -0.39 is 0 Å². The van der Waals surface area contributed by atoms with E-state index in [1.54, 1.807) is 42.5 Å². The molecule has 4 aromatic carbocycles. The zero-order valence-electron chi connectivity index (χ0n) is 18.8. The SMILES string of the molecule is COc1ccccc1NC(=O)COc1ccc2c(=O)c(Oc3ccc4ccccc4c3)coc2c1. The molecule has 0 unspecified atom stereocenters. The molecule has 7 nitrogen and oxygen atoms in total. The fraction of sp³-hybridized carbons (Fsp3) is 0.0714. The van der Waals surface area contributed by atoms with E-state index >= 15 is 0 Å². The molecule has 0 atom stereocenters. The number of para-hydroxylation sites is 2. The van der Waals surface area contributed by atoms with Crippen LogP contribution in [0.25, 0.3) is 21.7 Å². The van der Waals surface area contributed by atoms with Crippen molar-refractivity contribution in [2.45, 2.75) is 0 Å². The normalized spacial score (nSPS) is 10.8. The largest absolute Gasteiger partial charge is 0.495 e. The molecular weight excluding hydrogens is 446 g/mol. The summed E-state index contributed by atoms with van der Waals surface area (Å²) in [5, 5.41) is 5.17. The van der Waals surface area contributed by atoms with Crippen LogP contribution in [-0.2, 0) is 4.79 Å². The first kappa shape index (κ1) is 22.0. The molecule has 0 aliphatic rings. The summed E-state index contributed by atoms with van der Waals surface area (Å²) in [5.41, 5.74) is 0.565. The Labute approximate surface area is 200 Å². The molecule has 0 radical (unpaired) electrons. The van der Waals surface area contributed by atoms with Gasteiger partial charge in [-0.2, -0.15) is 0 Å². The molecule has 174 valence electrons. The lowest BCUT2D eigenvalue weighted by Crippen LogP contribution is -2.20. The lowest BCUT2D eigenvalue weighted by molar-refractivity contribution is -0.118. The number of methoxy groups -OCH3 is 1. The minimum absolute atomic E-state index is 0.0811. The van der Waals surface area contributed by atoms with Gasteiger partial charge in [-0.3, -0.25) is 9.59 Å². The van der Waals surface area contributed by atoms with E-state index in [-0.39, 0.29) is 23.7 Å². The Morgan fingerprint density at radius 3 is 2.49 bits per heavy atom. The van der Waals surface area contributed by atoms with Crippen LogP contribution in [0.2, 0.25) is 0 Å². The third-order valence-electron chi connectivity index (χ3n) is 5.41. The zero-order valence-corrected chi connectivity index (χ0v) is 18.8. The first-order chi connectivity index (χ1) is 17.1. The predicted molar refractivity (Wildman–Crippen MR) is 134 cm³/mol. The van der Waals surface area contributed by atoms with Crippen LogP contribution in [0, 0.1) is 0 Å². The summed E-state index contributed by atoms with van der Waals surface area (Å²) < 4.78 is 22.3. The van der Waals surface area contributed by atoms with Crippen molar-refractivity contribution in [3.8, 4) is 23.0 Å². The predicted octanol–water partition coefficient (Wildman–Crippen LogP) is 5.76. The first-order valence-electron chi connectivity index (χ1n) is 10.9. The molecule has 1 N–H and O–H groups in total. The minimum Gasteiger partial charge on any atom is -0.495 e. The average molecular weight is 467 g/mol. The van der Waals surface area contributed by atoms with Crippen LogP contribution in [0.5, 0.6) is 23.0 Å². The molecule has 0 aliphatic carbocycles. The molecule has 0 fully saturated rings. The Hall–Kier alpha value is -4.78. The number of benzene rings is 4. The Morgan fingerprint density at radius 2 is 1.63 bits per heavy atom. The summed E-state index contributed by atoms with van der Waals surface area (Å²) in [6, 6.07) is 25.3. The van der Waals surface area contributed by atoms with Gasteiger partial charge < -0.3 is 23.9 Å². The molecule has 1 amide bonds. The number of anilines is 1. The Balaban J connectivity index is 1.29. The second-order valence-electron chi connectivity index (χ2n) is 7.74. The third kappa shape index (κ3) is 4.79. The Kier molecular flexibility index (Phi) is 6.05. The highest BCUT2D eigenvalue weighted by Crippen LogP contribution is 2.27. The van der Waals surface area contributed by atoms with Crippen molar-refractivity contribution in [2.24, 2.45) is 0 Å². The fourth-order valence-corrected chi connectivity index (χ4v) is 3.69. The second-order valence-corrected chi connectivity index (χ2v) is 7.74. The van der Waals surface area contributed by atoms with E-state index in [9.17, 15) is 9.59 Å². The van der Waals surface area contributed by atoms with Gasteiger partial charge in [0.25, 0.3) is 5.91 Å². The minimum atomic E-state index is -0.352. The van der Waals surface area contributed by atoms with Gasteiger partial charge in [-0.05, 0) is 47.2 Å². The summed E-state index contributed by atoms with van der Waals surface area (Å²) in [6.07, 6.45) is 1.28. The number of fused-ring (bicyclic) bond motifs is 2. The van der Waals surface area contributed by atoms with Crippen LogP contribution < -0.4 is 25.0 Å². The molecule has 0 saturated carbocycles. The van der Waals surface area contributed by atoms with Crippen molar-refractivity contribution in [2.75, 3.05) is 19.0 Å². The molecule has 1 heterocycles. The number of carbonyl (C=O) groups is 1. The second kappa shape index (κ2) is 9.61. The summed E-state index contributed by atoms with van der Waals surface area (Å²) in [6.45, 7) is -0.225. The molecule has 0 aliphatic heterocycles. The van der Waals surface area contributed by atoms with Gasteiger partial charge in [0.1, 0.15) is 29.1 Å². The van der Waals surface area contributed by atoms with Crippen molar-refractivity contribution in [3.05, 3.63) is 101 Å². The number of nitrogens with one attached hydrogen (secondary N) is 1. The van der Waals surface area contributed by atoms with Gasteiger partial charge in [-0.1, -0.05) is 42.5 Å². The van der Waals surface area contributed by atoms with Gasteiger partial charge in [0, 0.05) is 6.07 Å². The average Bonchev–Trinajstić information content (AvgIpc) is 2.89. The smallest absolute Gasteiger partial charge is 0.262 e. The summed E-state index contributed by atoms with van der Waals surface area (Å²) >= 11 is 0. The third-order valence-corrected chi connectivity index (χ3v) is 5.41. The number of carbonyl (C=O) groups excluding carboxylic acids is 1. The molecule has 1 aromatic heterocycles. The van der Waals surface area contributed by atoms with Crippen LogP contribution in [0.3, 0.4) is 0 Å². The maximum absolute atomic E-state index is 12.9. The highest BCUT2D eigenvalue weighted by molar-refractivity contribution is 5.93. The van der Waals surface area contributed by atoms with Gasteiger partial charge in [0.05, 0.1) is 18.2 Å². The monoisotopic (exact) mass is 467 g/mol. The fourth-order valence-electron chi connectivity index (χ4n) is 3.69. The molecule has 5 aromatic rings. The molecule has 0 saturated heterocycles. The lowest BCUT2D eigenvalue weighted by atomic mass is 10.1. The van der Waals surface area contributed by atoms with Crippen molar-refractivity contribution in [1.82, 2.24) is 0 Å². The molecule has 0 spiro atoms. The number of rotatable bonds is 7. The quantitative estimate of drug-likeness (QED) is 0.327. The van der Waals surface area contributed by atoms with Crippen molar-refractivity contribution >= 4 is 33.3 Å². The maximum Gasteiger partial charge on any atom is 0.262 e. The zero-order chi connectivity index (χ0) is 24.2. The topological polar surface area (TPSA) is 87.0 Å². The van der Waals surface area contributed by atoms with E-state index in [2.05, 4.69) is 5.32 Å². The van der Waals surface area contributed by atoms with E-state index in [0.717, 1.165) is 10.8 Å². The van der Waals surface area contributed by atoms with Crippen molar-refractivity contribution in [1.29, 1.82) is 0 Å². The number of amides is 1. The molecular formula is C28H21NO6. The highest BCUT2D eigenvalue weighted by Gasteiger charge is 2.12. The van der Waals surface area contributed by atoms with Gasteiger partial charge in [-0.15, -0.1) is 0 Å². The first-order valence-corrected chi connectivity index (χ1v) is 10.9. The van der Waals surface area contributed by atoms with Crippen LogP contribution >= 0.6 is 0 Å². The molecule has 7 heteroatoms. The number of hydrogen-bond acceptors (Lipinski definition) is 6. The van der Waals surface area contributed by atoms with Gasteiger partial charge in [0.15, 0.2) is 6.61 Å². The lowest BCUT2D eigenvalue weighted by Gasteiger charge is -2.11. The summed E-state index contributed by atoms with van der Waals surface area (Å²) in [4.78, 5) is 25.2. The van der Waals surface area contributed by atoms with E-state index in [1.807, 2.05) is 42.5 Å². The van der Waals surface area contributed by atoms with E-state index in [0.29, 0.717) is 33.9 Å². The van der Waals surface area contributed by atoms with Crippen LogP contribution in [-0.4, -0.2) is 19.6 Å². The molecule has 5 rings (SSSR count). The number of ether oxygens (including phenoxy) is 3. The Bertz CT molecular complexity index is 1590. The Morgan fingerprint density at radius 1 is 0.857 bits per heavy atom. The van der Waals surface area contributed by atoms with E-state index in [4.69, 9.17) is 18.6 Å². The van der Waals surface area contributed by atoms with Crippen LogP contribution in [0.15, 0.2) is 100 Å². The van der Waals surface area contributed by atoms with Crippen LogP contribution in [0.4, 0.5) is 5.69 Å². The van der Waals surface area contributed by atoms with Crippen molar-refractivity contribution < 1.29 is 23.4 Å². The van der Waals surface area contributed by atoms with E-state index in [1.165, 1.54) is 13.4 Å². The number of hydrogen-bond donors (Lipinski definition) is 1. The standard InChI is InChI=1S/C28H21NO6/c1-32-24-9-5-4-8-23(24)29-27(30)17-33-20-12-13-22-25(15-20)34-16-26(28(22)31)35-21-11-10-18-6-2-3-7-19(18)14-21/h2-16H,17H2,1H3,(H,29,30). The maximum atomic E-state index is 12.9. The van der Waals surface area contributed by atoms with Crippen molar-refractivity contribution in [3.63, 3.8) is 0 Å². The summed E-state index contributed by atoms with van der Waals surface area (Å²) in [7, 11) is 1.53. The van der Waals surface area contributed by atoms with Gasteiger partial charge >= 0.3 is 0 Å². The van der Waals surface area contributed by atoms with Gasteiger partial charge in [0.2, 0.25) is 11.2 Å². The molecule has 0 bridgehead atoms. The highest BCUT2D eigenvalue weighted by atomic mass is 16.5.